The molecule has 114 valence electrons. The minimum Gasteiger partial charge on any atom is -0.374 e. The molecule has 0 bridgehead atoms. The zero-order valence-electron chi connectivity index (χ0n) is 12.0. The molecule has 2 aromatic heterocycles. The van der Waals surface area contributed by atoms with Crippen molar-refractivity contribution < 1.29 is 4.74 Å². The fourth-order valence-corrected chi connectivity index (χ4v) is 2.44. The molecule has 9 heteroatoms. The van der Waals surface area contributed by atoms with E-state index in [1.807, 2.05) is 0 Å². The quantitative estimate of drug-likeness (QED) is 0.441. The second-order valence-corrected chi connectivity index (χ2v) is 4.94. The van der Waals surface area contributed by atoms with E-state index < -0.39 is 0 Å². The number of nitrogens with two attached hydrogens (primary N) is 1. The molecular weight excluding hydrogens is 272 g/mol. The highest BCUT2D eigenvalue weighted by Gasteiger charge is 2.19. The molecule has 5 N–H and O–H groups in total. The molecule has 3 rings (SSSR count). The third-order valence-electron chi connectivity index (χ3n) is 3.61. The number of H-pyrrole nitrogens is 1. The summed E-state index contributed by atoms with van der Waals surface area (Å²) in [6.07, 6.45) is 1.84. The van der Waals surface area contributed by atoms with Crippen molar-refractivity contribution in [2.45, 2.75) is 13.0 Å². The summed E-state index contributed by atoms with van der Waals surface area (Å²) in [5.41, 5.74) is 3.09. The van der Waals surface area contributed by atoms with Crippen LogP contribution in [0, 0.1) is 0 Å². The van der Waals surface area contributed by atoms with Gasteiger partial charge in [-0.2, -0.15) is 15.1 Å². The van der Waals surface area contributed by atoms with Crippen molar-refractivity contribution in [1.29, 1.82) is 0 Å². The number of likely N-dealkylation sites (N-methyl/N-ethyl adjacent to an activating group) is 1. The van der Waals surface area contributed by atoms with E-state index in [-0.39, 0.29) is 6.10 Å². The second kappa shape index (κ2) is 6.20. The summed E-state index contributed by atoms with van der Waals surface area (Å²) in [7, 11) is 0. The third kappa shape index (κ3) is 3.04. The van der Waals surface area contributed by atoms with Gasteiger partial charge in [-0.25, -0.2) is 5.84 Å². The van der Waals surface area contributed by atoms with E-state index in [1.54, 1.807) is 6.20 Å². The molecule has 1 unspecified atom stereocenters. The maximum atomic E-state index is 5.77. The number of morpholine rings is 1. The largest absolute Gasteiger partial charge is 0.374 e. The maximum absolute atomic E-state index is 5.77. The van der Waals surface area contributed by atoms with Gasteiger partial charge in [-0.15, -0.1) is 0 Å². The number of aromatic nitrogens is 4. The van der Waals surface area contributed by atoms with Gasteiger partial charge in [0.25, 0.3) is 0 Å². The molecule has 9 nitrogen and oxygen atoms in total. The highest BCUT2D eigenvalue weighted by molar-refractivity contribution is 5.86. The van der Waals surface area contributed by atoms with E-state index in [1.165, 1.54) is 0 Å². The monoisotopic (exact) mass is 292 g/mol. The molecular formula is C12H20N8O. The Labute approximate surface area is 122 Å². The molecule has 1 fully saturated rings. The topological polar surface area (TPSA) is 117 Å². The van der Waals surface area contributed by atoms with Crippen molar-refractivity contribution in [3.8, 4) is 0 Å². The fourth-order valence-electron chi connectivity index (χ4n) is 2.44. The van der Waals surface area contributed by atoms with Crippen molar-refractivity contribution in [3.05, 3.63) is 6.20 Å². The lowest BCUT2D eigenvalue weighted by Crippen LogP contribution is -2.45. The van der Waals surface area contributed by atoms with Gasteiger partial charge in [-0.1, -0.05) is 6.92 Å². The van der Waals surface area contributed by atoms with Crippen LogP contribution in [0.15, 0.2) is 6.20 Å². The summed E-state index contributed by atoms with van der Waals surface area (Å²) in [5.74, 6) is 6.42. The molecule has 2 aromatic rings. The third-order valence-corrected chi connectivity index (χ3v) is 3.61. The summed E-state index contributed by atoms with van der Waals surface area (Å²) in [4.78, 5) is 10.9. The summed E-state index contributed by atoms with van der Waals surface area (Å²) in [5, 5.41) is 10.9. The maximum Gasteiger partial charge on any atom is 0.241 e. The Balaban J connectivity index is 1.71. The first-order chi connectivity index (χ1) is 10.3. The lowest BCUT2D eigenvalue weighted by molar-refractivity contribution is -0.0192. The second-order valence-electron chi connectivity index (χ2n) is 4.94. The van der Waals surface area contributed by atoms with Gasteiger partial charge >= 0.3 is 0 Å². The van der Waals surface area contributed by atoms with Crippen LogP contribution in [0.5, 0.6) is 0 Å². The van der Waals surface area contributed by atoms with Crippen LogP contribution in [0.4, 0.5) is 11.8 Å². The Morgan fingerprint density at radius 1 is 1.52 bits per heavy atom. The van der Waals surface area contributed by atoms with Gasteiger partial charge < -0.3 is 10.1 Å². The molecule has 21 heavy (non-hydrogen) atoms. The van der Waals surface area contributed by atoms with Crippen LogP contribution in [-0.2, 0) is 4.74 Å². The van der Waals surface area contributed by atoms with E-state index in [2.05, 4.69) is 42.7 Å². The van der Waals surface area contributed by atoms with Crippen LogP contribution in [0.2, 0.25) is 0 Å². The predicted octanol–water partition coefficient (Wildman–Crippen LogP) is -0.229. The average molecular weight is 292 g/mol. The van der Waals surface area contributed by atoms with Crippen LogP contribution in [-0.4, -0.2) is 64.0 Å². The number of ether oxygens (including phenoxy) is 1. The number of hydrogen-bond donors (Lipinski definition) is 4. The summed E-state index contributed by atoms with van der Waals surface area (Å²) >= 11 is 0. The molecule has 3 heterocycles. The van der Waals surface area contributed by atoms with Crippen LogP contribution >= 0.6 is 0 Å². The van der Waals surface area contributed by atoms with Crippen LogP contribution in [0.25, 0.3) is 11.0 Å². The van der Waals surface area contributed by atoms with Gasteiger partial charge in [0.15, 0.2) is 5.65 Å². The molecule has 0 spiro atoms. The smallest absolute Gasteiger partial charge is 0.241 e. The molecule has 0 aromatic carbocycles. The molecule has 1 atom stereocenters. The standard InChI is InChI=1S/C12H20N8O/c1-2-20-3-4-21-8(7-20)5-14-10-9-6-15-19-11(9)17-12(16-10)18-13/h6,8H,2-5,7,13H2,1H3,(H3,14,15,16,17,18,19). The zero-order valence-corrected chi connectivity index (χ0v) is 12.0. The molecule has 1 saturated heterocycles. The predicted molar refractivity (Wildman–Crippen MR) is 79.8 cm³/mol. The van der Waals surface area contributed by atoms with E-state index in [0.717, 1.165) is 31.6 Å². The van der Waals surface area contributed by atoms with E-state index >= 15 is 0 Å². The van der Waals surface area contributed by atoms with Gasteiger partial charge in [0.2, 0.25) is 5.95 Å². The van der Waals surface area contributed by atoms with Gasteiger partial charge in [0.1, 0.15) is 5.82 Å². The molecule has 1 aliphatic rings. The Morgan fingerprint density at radius 3 is 3.24 bits per heavy atom. The number of nitrogens with zero attached hydrogens (tertiary/aromatic N) is 4. The lowest BCUT2D eigenvalue weighted by Gasteiger charge is -2.32. The first-order valence-corrected chi connectivity index (χ1v) is 7.05. The SMILES string of the molecule is CCN1CCOC(CNc2nc(NN)nc3[nH]ncc23)C1. The molecule has 0 radical (unpaired) electrons. The Bertz CT molecular complexity index is 600. The first kappa shape index (κ1) is 14.0. The highest BCUT2D eigenvalue weighted by atomic mass is 16.5. The average Bonchev–Trinajstić information content (AvgIpc) is 3.01. The normalized spacial score (nSPS) is 19.8. The van der Waals surface area contributed by atoms with Crippen molar-refractivity contribution in [3.63, 3.8) is 0 Å². The van der Waals surface area contributed by atoms with E-state index in [4.69, 9.17) is 10.6 Å². The molecule has 0 amide bonds. The van der Waals surface area contributed by atoms with Crippen molar-refractivity contribution >= 4 is 22.8 Å². The number of nitrogen functional groups attached to an aromatic ring is 1. The Morgan fingerprint density at radius 2 is 2.43 bits per heavy atom. The fraction of sp³-hybridized carbons (Fsp3) is 0.583. The van der Waals surface area contributed by atoms with Gasteiger partial charge in [0.05, 0.1) is 24.3 Å². The number of aromatic amines is 1. The number of nitrogens with one attached hydrogen (secondary N) is 3. The Hall–Kier alpha value is -1.97. The van der Waals surface area contributed by atoms with Gasteiger partial charge in [0, 0.05) is 19.6 Å². The molecule has 1 aliphatic heterocycles. The van der Waals surface area contributed by atoms with Crippen molar-refractivity contribution in [1.82, 2.24) is 25.1 Å². The number of hydrazine groups is 1. The van der Waals surface area contributed by atoms with E-state index in [9.17, 15) is 0 Å². The molecule has 0 aliphatic carbocycles. The van der Waals surface area contributed by atoms with Crippen LogP contribution in [0.1, 0.15) is 6.92 Å². The zero-order chi connectivity index (χ0) is 14.7. The van der Waals surface area contributed by atoms with Crippen LogP contribution < -0.4 is 16.6 Å². The minimum absolute atomic E-state index is 0.143. The Kier molecular flexibility index (Phi) is 4.13. The molecule has 0 saturated carbocycles. The van der Waals surface area contributed by atoms with Crippen molar-refractivity contribution in [2.24, 2.45) is 5.84 Å². The lowest BCUT2D eigenvalue weighted by atomic mass is 10.2. The van der Waals surface area contributed by atoms with Gasteiger partial charge in [-0.05, 0) is 6.54 Å². The van der Waals surface area contributed by atoms with E-state index in [0.29, 0.717) is 24.0 Å². The van der Waals surface area contributed by atoms with Gasteiger partial charge in [-0.3, -0.25) is 15.4 Å². The van der Waals surface area contributed by atoms with Crippen LogP contribution in [0.3, 0.4) is 0 Å². The van der Waals surface area contributed by atoms with Crippen molar-refractivity contribution in [2.75, 3.05) is 43.5 Å². The summed E-state index contributed by atoms with van der Waals surface area (Å²) < 4.78 is 5.77. The first-order valence-electron chi connectivity index (χ1n) is 7.05. The number of fused-ring (bicyclic) bond motifs is 1. The summed E-state index contributed by atoms with van der Waals surface area (Å²) in [6, 6.07) is 0. The number of anilines is 2. The summed E-state index contributed by atoms with van der Waals surface area (Å²) in [6.45, 7) is 6.56. The number of hydrogen-bond acceptors (Lipinski definition) is 8. The highest BCUT2D eigenvalue weighted by Crippen LogP contribution is 2.19. The number of rotatable bonds is 5. The minimum atomic E-state index is 0.143.